The maximum absolute atomic E-state index is 13.3. The van der Waals surface area contributed by atoms with Gasteiger partial charge in [-0.2, -0.15) is 23.3 Å². The number of amides is 1. The lowest BCUT2D eigenvalue weighted by Crippen LogP contribution is -2.44. The summed E-state index contributed by atoms with van der Waals surface area (Å²) < 4.78 is 40.0. The molecular weight excluding hydrogens is 393 g/mol. The number of unbranched alkanes of at least 4 members (excludes halogenated alkanes) is 2. The number of aliphatic hydroxyl groups is 1. The van der Waals surface area contributed by atoms with Gasteiger partial charge in [0.2, 0.25) is 5.91 Å². The summed E-state index contributed by atoms with van der Waals surface area (Å²) in [5, 5.41) is 15.3. The number of carbonyl (C=O) groups is 1. The Morgan fingerprint density at radius 3 is 2.33 bits per heavy atom. The highest BCUT2D eigenvalue weighted by Gasteiger charge is 2.52. The Labute approximate surface area is 174 Å². The lowest BCUT2D eigenvalue weighted by atomic mass is 9.94. The molecule has 0 unspecified atom stereocenters. The first-order valence-corrected chi connectivity index (χ1v) is 10.1. The van der Waals surface area contributed by atoms with E-state index in [2.05, 4.69) is 12.0 Å². The van der Waals surface area contributed by atoms with E-state index in [4.69, 9.17) is 0 Å². The minimum atomic E-state index is -4.73. The molecule has 0 radical (unpaired) electrons. The minimum Gasteiger partial charge on any atom is -0.365 e. The van der Waals surface area contributed by atoms with E-state index < -0.39 is 29.9 Å². The highest BCUT2D eigenvalue weighted by atomic mass is 19.4. The van der Waals surface area contributed by atoms with Gasteiger partial charge in [0.25, 0.3) is 0 Å². The van der Waals surface area contributed by atoms with Crippen molar-refractivity contribution in [2.45, 2.75) is 57.3 Å². The molecule has 0 spiro atoms. The quantitative estimate of drug-likeness (QED) is 0.647. The molecule has 1 N–H and O–H groups in total. The molecule has 30 heavy (non-hydrogen) atoms. The fourth-order valence-electron chi connectivity index (χ4n) is 3.55. The van der Waals surface area contributed by atoms with Crippen LogP contribution in [0.2, 0.25) is 0 Å². The number of hydrazone groups is 1. The molecule has 1 atom stereocenters. The minimum absolute atomic E-state index is 0.160. The van der Waals surface area contributed by atoms with Crippen molar-refractivity contribution >= 4 is 11.6 Å². The molecule has 0 aromatic heterocycles. The van der Waals surface area contributed by atoms with E-state index in [1.54, 1.807) is 54.6 Å². The zero-order valence-corrected chi connectivity index (χ0v) is 16.8. The Morgan fingerprint density at radius 2 is 1.73 bits per heavy atom. The molecule has 2 aromatic rings. The molecular formula is C23H25F3N2O2. The van der Waals surface area contributed by atoms with E-state index >= 15 is 0 Å². The van der Waals surface area contributed by atoms with Crippen LogP contribution in [-0.2, 0) is 23.4 Å². The van der Waals surface area contributed by atoms with Crippen LogP contribution in [0.4, 0.5) is 13.2 Å². The van der Waals surface area contributed by atoms with E-state index in [9.17, 15) is 23.1 Å². The van der Waals surface area contributed by atoms with E-state index in [1.165, 1.54) is 0 Å². The molecule has 2 aromatic carbocycles. The summed E-state index contributed by atoms with van der Waals surface area (Å²) in [5.74, 6) is -0.699. The van der Waals surface area contributed by atoms with Crippen molar-refractivity contribution in [2.24, 2.45) is 5.10 Å². The summed E-state index contributed by atoms with van der Waals surface area (Å²) in [6.07, 6.45) is -1.63. The van der Waals surface area contributed by atoms with Crippen molar-refractivity contribution in [1.82, 2.24) is 5.01 Å². The first kappa shape index (κ1) is 22.0. The number of benzene rings is 2. The standard InChI is InChI=1S/C23H25F3N2O2/c1-2-3-5-8-17-11-13-19(14-12-17)22(30)16-20(23(24,25)26)27-28(22)21(29)15-18-9-6-4-7-10-18/h4,6-7,9-14,30H,2-3,5,8,15-16H2,1H3/t22-/m0/s1. The molecule has 3 rings (SSSR count). The van der Waals surface area contributed by atoms with E-state index in [1.807, 2.05) is 0 Å². The predicted molar refractivity (Wildman–Crippen MR) is 109 cm³/mol. The predicted octanol–water partition coefficient (Wildman–Crippen LogP) is 4.96. The van der Waals surface area contributed by atoms with Crippen molar-refractivity contribution < 1.29 is 23.1 Å². The van der Waals surface area contributed by atoms with Crippen LogP contribution in [0, 0.1) is 0 Å². The average molecular weight is 418 g/mol. The molecule has 0 fully saturated rings. The van der Waals surface area contributed by atoms with Crippen molar-refractivity contribution in [3.05, 3.63) is 71.3 Å². The normalized spacial score (nSPS) is 19.1. The maximum Gasteiger partial charge on any atom is 0.431 e. The second kappa shape index (κ2) is 9.00. The fraction of sp³-hybridized carbons (Fsp3) is 0.391. The molecule has 7 heteroatoms. The van der Waals surface area contributed by atoms with Crippen LogP contribution in [0.25, 0.3) is 0 Å². The number of aryl methyl sites for hydroxylation is 1. The van der Waals surface area contributed by atoms with Crippen LogP contribution in [0.3, 0.4) is 0 Å². The van der Waals surface area contributed by atoms with Crippen LogP contribution in [0.15, 0.2) is 59.7 Å². The van der Waals surface area contributed by atoms with Crippen LogP contribution < -0.4 is 0 Å². The second-order valence-corrected chi connectivity index (χ2v) is 7.56. The van der Waals surface area contributed by atoms with Gasteiger partial charge in [0.15, 0.2) is 5.72 Å². The van der Waals surface area contributed by atoms with Gasteiger partial charge in [-0.1, -0.05) is 74.4 Å². The van der Waals surface area contributed by atoms with Crippen molar-refractivity contribution in [1.29, 1.82) is 0 Å². The van der Waals surface area contributed by atoms with Crippen LogP contribution in [0.5, 0.6) is 0 Å². The summed E-state index contributed by atoms with van der Waals surface area (Å²) in [6, 6.07) is 15.4. The van der Waals surface area contributed by atoms with E-state index in [0.29, 0.717) is 10.6 Å². The Morgan fingerprint density at radius 1 is 1.07 bits per heavy atom. The monoisotopic (exact) mass is 418 g/mol. The summed E-state index contributed by atoms with van der Waals surface area (Å²) in [7, 11) is 0. The van der Waals surface area contributed by atoms with Crippen molar-refractivity contribution in [3.8, 4) is 0 Å². The molecule has 1 aliphatic heterocycles. The fourth-order valence-corrected chi connectivity index (χ4v) is 3.55. The molecule has 1 heterocycles. The zero-order chi connectivity index (χ0) is 21.8. The summed E-state index contributed by atoms with van der Waals surface area (Å²) in [4.78, 5) is 12.8. The summed E-state index contributed by atoms with van der Waals surface area (Å²) in [6.45, 7) is 2.11. The van der Waals surface area contributed by atoms with Gasteiger partial charge < -0.3 is 5.11 Å². The summed E-state index contributed by atoms with van der Waals surface area (Å²) >= 11 is 0. The molecule has 160 valence electrons. The third-order valence-corrected chi connectivity index (χ3v) is 5.23. The number of carbonyl (C=O) groups excluding carboxylic acids is 1. The molecule has 0 bridgehead atoms. The lowest BCUT2D eigenvalue weighted by Gasteiger charge is -2.31. The molecule has 0 saturated carbocycles. The average Bonchev–Trinajstić information content (AvgIpc) is 3.09. The molecule has 1 aliphatic rings. The van der Waals surface area contributed by atoms with Crippen LogP contribution in [0.1, 0.15) is 49.3 Å². The van der Waals surface area contributed by atoms with E-state index in [0.717, 1.165) is 31.2 Å². The maximum atomic E-state index is 13.3. The number of hydrogen-bond donors (Lipinski definition) is 1. The number of rotatable bonds is 7. The Hall–Kier alpha value is -2.67. The SMILES string of the molecule is CCCCCc1ccc([C@@]2(O)CC(C(F)(F)F)=NN2C(=O)Cc2ccccc2)cc1. The number of alkyl halides is 3. The van der Waals surface area contributed by atoms with Gasteiger partial charge in [-0.15, -0.1) is 0 Å². The first-order valence-electron chi connectivity index (χ1n) is 10.1. The topological polar surface area (TPSA) is 52.9 Å². The van der Waals surface area contributed by atoms with Gasteiger partial charge >= 0.3 is 6.18 Å². The Bertz CT molecular complexity index is 895. The first-order chi connectivity index (χ1) is 14.2. The zero-order valence-electron chi connectivity index (χ0n) is 16.8. The third kappa shape index (κ3) is 4.90. The molecule has 4 nitrogen and oxygen atoms in total. The highest BCUT2D eigenvalue weighted by Crippen LogP contribution is 2.40. The van der Waals surface area contributed by atoms with Gasteiger partial charge in [-0.05, 0) is 24.0 Å². The van der Waals surface area contributed by atoms with Gasteiger partial charge in [0, 0.05) is 5.56 Å². The smallest absolute Gasteiger partial charge is 0.365 e. The highest BCUT2D eigenvalue weighted by molar-refractivity contribution is 5.95. The Kier molecular flexibility index (Phi) is 6.61. The number of nitrogens with zero attached hydrogens (tertiary/aromatic N) is 2. The van der Waals surface area contributed by atoms with Crippen LogP contribution in [-0.4, -0.2) is 27.9 Å². The largest absolute Gasteiger partial charge is 0.431 e. The lowest BCUT2D eigenvalue weighted by molar-refractivity contribution is -0.157. The second-order valence-electron chi connectivity index (χ2n) is 7.56. The van der Waals surface area contributed by atoms with Gasteiger partial charge in [0.05, 0.1) is 12.8 Å². The van der Waals surface area contributed by atoms with Crippen molar-refractivity contribution in [2.75, 3.05) is 0 Å². The van der Waals surface area contributed by atoms with E-state index in [-0.39, 0.29) is 12.0 Å². The van der Waals surface area contributed by atoms with Gasteiger partial charge in [0.1, 0.15) is 5.71 Å². The number of halogens is 3. The Balaban J connectivity index is 1.87. The van der Waals surface area contributed by atoms with Gasteiger partial charge in [-0.25, -0.2) is 0 Å². The molecule has 0 saturated heterocycles. The number of hydrogen-bond acceptors (Lipinski definition) is 3. The van der Waals surface area contributed by atoms with Crippen LogP contribution >= 0.6 is 0 Å². The summed E-state index contributed by atoms with van der Waals surface area (Å²) in [5.41, 5.74) is -1.46. The third-order valence-electron chi connectivity index (χ3n) is 5.23. The molecule has 1 amide bonds. The molecule has 0 aliphatic carbocycles. The van der Waals surface area contributed by atoms with Crippen molar-refractivity contribution in [3.63, 3.8) is 0 Å². The van der Waals surface area contributed by atoms with Gasteiger partial charge in [-0.3, -0.25) is 4.79 Å².